The van der Waals surface area contributed by atoms with Gasteiger partial charge in [-0.3, -0.25) is 24.1 Å². The summed E-state index contributed by atoms with van der Waals surface area (Å²) in [4.78, 5) is 47.4. The predicted octanol–water partition coefficient (Wildman–Crippen LogP) is 0.194. The van der Waals surface area contributed by atoms with E-state index in [1.165, 1.54) is 12.2 Å². The lowest BCUT2D eigenvalue weighted by Crippen LogP contribution is -2.35. The average Bonchev–Trinajstić information content (AvgIpc) is 3.20. The van der Waals surface area contributed by atoms with E-state index in [1.54, 1.807) is 0 Å². The van der Waals surface area contributed by atoms with Gasteiger partial charge in [-0.25, -0.2) is 0 Å². The van der Waals surface area contributed by atoms with Crippen LogP contribution in [-0.4, -0.2) is 88.5 Å². The van der Waals surface area contributed by atoms with Gasteiger partial charge in [-0.05, 0) is 25.0 Å². The van der Waals surface area contributed by atoms with Crippen LogP contribution in [0.25, 0.3) is 0 Å². The van der Waals surface area contributed by atoms with E-state index in [9.17, 15) is 19.2 Å². The average molecular weight is 500 g/mol. The fraction of sp³-hybridized carbons (Fsp3) is 0.520. The van der Waals surface area contributed by atoms with Crippen LogP contribution in [0.5, 0.6) is 5.75 Å². The molecule has 0 spiro atoms. The Labute approximate surface area is 213 Å². The first kappa shape index (κ1) is 29.1. The molecule has 4 amide bonds. The van der Waals surface area contributed by atoms with Crippen molar-refractivity contribution in [3.8, 4) is 5.75 Å². The SMILES string of the molecule is C[B]c1ccc(OCCCCNC(=O)CCOCCOCCNC(=O)CCN2C(=O)C=CC2=O)cc1. The Kier molecular flexibility index (Phi) is 14.0. The van der Waals surface area contributed by atoms with Crippen LogP contribution in [0.3, 0.4) is 0 Å². The van der Waals surface area contributed by atoms with Crippen LogP contribution in [0.2, 0.25) is 6.82 Å². The zero-order chi connectivity index (χ0) is 26.0. The lowest BCUT2D eigenvalue weighted by Gasteiger charge is -2.13. The summed E-state index contributed by atoms with van der Waals surface area (Å²) in [7, 11) is 2.03. The minimum absolute atomic E-state index is 0.0463. The fourth-order valence-corrected chi connectivity index (χ4v) is 3.19. The monoisotopic (exact) mass is 500 g/mol. The predicted molar refractivity (Wildman–Crippen MR) is 135 cm³/mol. The molecular weight excluding hydrogens is 465 g/mol. The molecule has 195 valence electrons. The van der Waals surface area contributed by atoms with Gasteiger partial charge >= 0.3 is 0 Å². The zero-order valence-electron chi connectivity index (χ0n) is 20.8. The van der Waals surface area contributed by atoms with Crippen molar-refractivity contribution < 1.29 is 33.4 Å². The molecule has 0 fully saturated rings. The summed E-state index contributed by atoms with van der Waals surface area (Å²) in [6, 6.07) is 7.92. The highest BCUT2D eigenvalue weighted by atomic mass is 16.5. The zero-order valence-corrected chi connectivity index (χ0v) is 20.8. The van der Waals surface area contributed by atoms with E-state index in [0.717, 1.165) is 29.0 Å². The van der Waals surface area contributed by atoms with Gasteiger partial charge in [0.05, 0.1) is 33.0 Å². The van der Waals surface area contributed by atoms with Crippen LogP contribution in [0.15, 0.2) is 36.4 Å². The standard InChI is InChI=1S/C25H35BN3O7/c1-26-20-4-6-21(7-5-20)36-15-3-2-12-27-23(31)11-16-34-18-19-35-17-13-28-22(30)10-14-29-24(32)8-9-25(29)33/h4-9H,2-3,10-19H2,1H3,(H,27,31)(H,28,30). The normalized spacial score (nSPS) is 12.6. The Balaban J connectivity index is 1.33. The highest BCUT2D eigenvalue weighted by Crippen LogP contribution is 2.08. The van der Waals surface area contributed by atoms with Gasteiger partial charge in [0.25, 0.3) is 11.8 Å². The van der Waals surface area contributed by atoms with Crippen molar-refractivity contribution in [3.05, 3.63) is 36.4 Å². The number of nitrogens with zero attached hydrogens (tertiary/aromatic N) is 1. The Morgan fingerprint density at radius 2 is 1.44 bits per heavy atom. The van der Waals surface area contributed by atoms with Gasteiger partial charge in [0.2, 0.25) is 11.8 Å². The number of hydrogen-bond acceptors (Lipinski definition) is 7. The largest absolute Gasteiger partial charge is 0.494 e. The number of nitrogens with one attached hydrogen (secondary N) is 2. The summed E-state index contributed by atoms with van der Waals surface area (Å²) in [6.45, 7) is 4.89. The summed E-state index contributed by atoms with van der Waals surface area (Å²) in [6.07, 6.45) is 4.40. The number of carbonyl (C=O) groups excluding carboxylic acids is 4. The molecule has 1 heterocycles. The Morgan fingerprint density at radius 3 is 2.14 bits per heavy atom. The quantitative estimate of drug-likeness (QED) is 0.158. The highest BCUT2D eigenvalue weighted by molar-refractivity contribution is 6.51. The molecule has 0 saturated heterocycles. The van der Waals surface area contributed by atoms with Crippen molar-refractivity contribution in [1.82, 2.24) is 15.5 Å². The van der Waals surface area contributed by atoms with Gasteiger partial charge in [0.15, 0.2) is 0 Å². The van der Waals surface area contributed by atoms with Crippen molar-refractivity contribution in [2.45, 2.75) is 32.5 Å². The maximum atomic E-state index is 11.8. The van der Waals surface area contributed by atoms with Crippen molar-refractivity contribution in [2.24, 2.45) is 0 Å². The number of amides is 4. The Bertz CT molecular complexity index is 859. The smallest absolute Gasteiger partial charge is 0.253 e. The van der Waals surface area contributed by atoms with E-state index in [2.05, 4.69) is 10.6 Å². The third kappa shape index (κ3) is 12.0. The van der Waals surface area contributed by atoms with Crippen LogP contribution in [0, 0.1) is 0 Å². The topological polar surface area (TPSA) is 123 Å². The van der Waals surface area contributed by atoms with Crippen LogP contribution in [0.4, 0.5) is 0 Å². The lowest BCUT2D eigenvalue weighted by atomic mass is 9.73. The number of hydrogen-bond donors (Lipinski definition) is 2. The van der Waals surface area contributed by atoms with Crippen molar-refractivity contribution in [1.29, 1.82) is 0 Å². The summed E-state index contributed by atoms with van der Waals surface area (Å²) >= 11 is 0. The third-order valence-electron chi connectivity index (χ3n) is 5.25. The second-order valence-electron chi connectivity index (χ2n) is 8.00. The molecule has 0 saturated carbocycles. The molecule has 1 aromatic carbocycles. The number of ether oxygens (including phenoxy) is 3. The Hall–Kier alpha value is -3.18. The van der Waals surface area contributed by atoms with Gasteiger partial charge in [0, 0.05) is 44.6 Å². The van der Waals surface area contributed by atoms with Crippen molar-refractivity contribution in [2.75, 3.05) is 52.7 Å². The number of imide groups is 1. The number of carbonyl (C=O) groups is 4. The molecule has 0 aliphatic carbocycles. The van der Waals surface area contributed by atoms with Gasteiger partial charge in [-0.1, -0.05) is 24.4 Å². The van der Waals surface area contributed by atoms with E-state index >= 15 is 0 Å². The molecule has 1 aliphatic heterocycles. The highest BCUT2D eigenvalue weighted by Gasteiger charge is 2.23. The van der Waals surface area contributed by atoms with Crippen molar-refractivity contribution >= 4 is 36.4 Å². The molecular formula is C25H35BN3O7. The minimum Gasteiger partial charge on any atom is -0.494 e. The van der Waals surface area contributed by atoms with E-state index in [4.69, 9.17) is 14.2 Å². The lowest BCUT2D eigenvalue weighted by molar-refractivity contribution is -0.137. The molecule has 11 heteroatoms. The molecule has 1 radical (unpaired) electrons. The fourth-order valence-electron chi connectivity index (χ4n) is 3.19. The minimum atomic E-state index is -0.400. The molecule has 2 rings (SSSR count). The van der Waals surface area contributed by atoms with Gasteiger partial charge in [-0.15, -0.1) is 0 Å². The second-order valence-corrected chi connectivity index (χ2v) is 8.00. The maximum Gasteiger partial charge on any atom is 0.253 e. The summed E-state index contributed by atoms with van der Waals surface area (Å²) in [5.41, 5.74) is 1.16. The van der Waals surface area contributed by atoms with Crippen LogP contribution in [0.1, 0.15) is 25.7 Å². The van der Waals surface area contributed by atoms with E-state index in [-0.39, 0.29) is 31.2 Å². The molecule has 0 unspecified atom stereocenters. The molecule has 0 aromatic heterocycles. The molecule has 1 aliphatic rings. The molecule has 2 N–H and O–H groups in total. The molecule has 36 heavy (non-hydrogen) atoms. The summed E-state index contributed by atoms with van der Waals surface area (Å²) < 4.78 is 16.4. The van der Waals surface area contributed by atoms with E-state index in [0.29, 0.717) is 46.1 Å². The van der Waals surface area contributed by atoms with E-state index < -0.39 is 11.8 Å². The number of rotatable bonds is 19. The van der Waals surface area contributed by atoms with E-state index in [1.807, 2.05) is 38.4 Å². The van der Waals surface area contributed by atoms with Crippen LogP contribution < -0.4 is 20.8 Å². The first-order valence-corrected chi connectivity index (χ1v) is 12.2. The molecule has 0 bridgehead atoms. The number of unbranched alkanes of at least 4 members (excludes halogenated alkanes) is 1. The van der Waals surface area contributed by atoms with Gasteiger partial charge < -0.3 is 24.8 Å². The third-order valence-corrected chi connectivity index (χ3v) is 5.25. The second kappa shape index (κ2) is 17.3. The summed E-state index contributed by atoms with van der Waals surface area (Å²) in [5, 5.41) is 5.53. The molecule has 10 nitrogen and oxygen atoms in total. The van der Waals surface area contributed by atoms with Crippen molar-refractivity contribution in [3.63, 3.8) is 0 Å². The van der Waals surface area contributed by atoms with Gasteiger partial charge in [0.1, 0.15) is 13.0 Å². The molecule has 1 aromatic rings. The molecule has 0 atom stereocenters. The first-order chi connectivity index (χ1) is 17.5. The summed E-state index contributed by atoms with van der Waals surface area (Å²) in [5.74, 6) is -0.273. The number of benzene rings is 1. The van der Waals surface area contributed by atoms with Crippen LogP contribution in [-0.2, 0) is 28.7 Å². The Morgan fingerprint density at radius 1 is 0.806 bits per heavy atom. The maximum absolute atomic E-state index is 11.8. The van der Waals surface area contributed by atoms with Crippen LogP contribution >= 0.6 is 0 Å². The first-order valence-electron chi connectivity index (χ1n) is 12.2. The van der Waals surface area contributed by atoms with Gasteiger partial charge in [-0.2, -0.15) is 0 Å².